The maximum atomic E-state index is 13.2. The molecule has 0 saturated carbocycles. The summed E-state index contributed by atoms with van der Waals surface area (Å²) in [4.78, 5) is 29.8. The van der Waals surface area contributed by atoms with Crippen molar-refractivity contribution in [3.63, 3.8) is 0 Å². The molecule has 1 saturated heterocycles. The largest absolute Gasteiger partial charge is 0.496 e. The Morgan fingerprint density at radius 2 is 1.60 bits per heavy atom. The van der Waals surface area contributed by atoms with Gasteiger partial charge in [-0.25, -0.2) is 18.2 Å². The van der Waals surface area contributed by atoms with Crippen molar-refractivity contribution in [3.05, 3.63) is 47.3 Å². The molecule has 11 nitrogen and oxygen atoms in total. The number of methoxy groups -OCH3 is 3. The van der Waals surface area contributed by atoms with E-state index in [4.69, 9.17) is 18.9 Å². The molecule has 0 atom stereocenters. The summed E-state index contributed by atoms with van der Waals surface area (Å²) in [6.07, 6.45) is 3.53. The number of sulfonamides is 1. The van der Waals surface area contributed by atoms with E-state index in [0.29, 0.717) is 35.4 Å². The molecule has 3 aromatic rings. The third kappa shape index (κ3) is 6.72. The van der Waals surface area contributed by atoms with E-state index in [9.17, 15) is 18.0 Å². The maximum Gasteiger partial charge on any atom is 0.342 e. The zero-order chi connectivity index (χ0) is 28.7. The minimum Gasteiger partial charge on any atom is -0.496 e. The highest BCUT2D eigenvalue weighted by Gasteiger charge is 2.27. The smallest absolute Gasteiger partial charge is 0.342 e. The molecule has 1 aliphatic rings. The number of anilines is 1. The highest BCUT2D eigenvalue weighted by molar-refractivity contribution is 7.89. The Kier molecular flexibility index (Phi) is 9.61. The average Bonchev–Trinajstić information content (AvgIpc) is 3.25. The Morgan fingerprint density at radius 3 is 2.27 bits per heavy atom. The summed E-state index contributed by atoms with van der Waals surface area (Å²) in [5.74, 6) is -0.221. The molecular weight excluding hydrogens is 558 g/mol. The first-order valence-electron chi connectivity index (χ1n) is 12.6. The van der Waals surface area contributed by atoms with Crippen molar-refractivity contribution in [1.82, 2.24) is 9.29 Å². The van der Waals surface area contributed by atoms with Crippen molar-refractivity contribution >= 4 is 38.4 Å². The number of carbonyl (C=O) groups is 2. The average molecular weight is 590 g/mol. The first-order valence-corrected chi connectivity index (χ1v) is 14.9. The van der Waals surface area contributed by atoms with E-state index in [2.05, 4.69) is 10.3 Å². The molecule has 0 bridgehead atoms. The summed E-state index contributed by atoms with van der Waals surface area (Å²) in [6.45, 7) is 0.258. The summed E-state index contributed by atoms with van der Waals surface area (Å²) in [7, 11) is 0.649. The number of ether oxygens (including phenoxy) is 4. The van der Waals surface area contributed by atoms with Gasteiger partial charge in [0.05, 0.1) is 31.9 Å². The zero-order valence-corrected chi connectivity index (χ0v) is 24.1. The van der Waals surface area contributed by atoms with Crippen molar-refractivity contribution in [3.8, 4) is 28.5 Å². The van der Waals surface area contributed by atoms with Crippen LogP contribution < -0.4 is 19.5 Å². The van der Waals surface area contributed by atoms with Crippen LogP contribution in [0.15, 0.2) is 46.7 Å². The number of nitrogens with one attached hydrogen (secondary N) is 1. The molecule has 214 valence electrons. The van der Waals surface area contributed by atoms with Crippen LogP contribution in [0, 0.1) is 0 Å². The Hall–Kier alpha value is -3.68. The molecule has 1 amide bonds. The van der Waals surface area contributed by atoms with Crippen LogP contribution in [0.3, 0.4) is 0 Å². The Bertz CT molecular complexity index is 1460. The maximum absolute atomic E-state index is 13.2. The number of amides is 1. The van der Waals surface area contributed by atoms with Crippen molar-refractivity contribution in [2.75, 3.05) is 46.3 Å². The van der Waals surface area contributed by atoms with E-state index >= 15 is 0 Å². The third-order valence-electron chi connectivity index (χ3n) is 6.36. The van der Waals surface area contributed by atoms with Crippen molar-refractivity contribution in [2.45, 2.75) is 30.6 Å². The van der Waals surface area contributed by atoms with Crippen LogP contribution in [0.25, 0.3) is 11.3 Å². The first kappa shape index (κ1) is 29.3. The van der Waals surface area contributed by atoms with Gasteiger partial charge in [-0.2, -0.15) is 4.31 Å². The van der Waals surface area contributed by atoms with Gasteiger partial charge in [-0.15, -0.1) is 11.3 Å². The van der Waals surface area contributed by atoms with Crippen LogP contribution in [-0.2, 0) is 19.6 Å². The van der Waals surface area contributed by atoms with Gasteiger partial charge in [-0.05, 0) is 49.2 Å². The second-order valence-corrected chi connectivity index (χ2v) is 11.7. The summed E-state index contributed by atoms with van der Waals surface area (Å²) in [6, 6.07) is 9.39. The second-order valence-electron chi connectivity index (χ2n) is 8.91. The fraction of sp³-hybridized carbons (Fsp3) is 0.370. The Balaban J connectivity index is 1.41. The molecule has 1 aromatic heterocycles. The molecule has 2 heterocycles. The van der Waals surface area contributed by atoms with Gasteiger partial charge in [0.1, 0.15) is 11.3 Å². The quantitative estimate of drug-likeness (QED) is 0.346. The lowest BCUT2D eigenvalue weighted by molar-refractivity contribution is -0.119. The predicted molar refractivity (Wildman–Crippen MR) is 150 cm³/mol. The lowest BCUT2D eigenvalue weighted by Gasteiger charge is -2.20. The van der Waals surface area contributed by atoms with Gasteiger partial charge in [0.15, 0.2) is 23.2 Å². The molecule has 13 heteroatoms. The van der Waals surface area contributed by atoms with Crippen LogP contribution in [-0.4, -0.2) is 70.6 Å². The van der Waals surface area contributed by atoms with Crippen LogP contribution in [0.5, 0.6) is 17.2 Å². The van der Waals surface area contributed by atoms with E-state index in [1.54, 1.807) is 24.6 Å². The molecular formula is C27H31N3O8S2. The van der Waals surface area contributed by atoms with E-state index < -0.39 is 28.5 Å². The number of nitrogens with zero attached hydrogens (tertiary/aromatic N) is 2. The number of hydrogen-bond acceptors (Lipinski definition) is 10. The Morgan fingerprint density at radius 1 is 0.925 bits per heavy atom. The number of esters is 1. The van der Waals surface area contributed by atoms with Gasteiger partial charge in [0.2, 0.25) is 10.0 Å². The zero-order valence-electron chi connectivity index (χ0n) is 22.5. The van der Waals surface area contributed by atoms with Gasteiger partial charge >= 0.3 is 5.97 Å². The molecule has 0 aliphatic carbocycles. The van der Waals surface area contributed by atoms with Gasteiger partial charge in [-0.1, -0.05) is 12.8 Å². The van der Waals surface area contributed by atoms with Crippen molar-refractivity contribution in [1.29, 1.82) is 0 Å². The highest BCUT2D eigenvalue weighted by Crippen LogP contribution is 2.33. The summed E-state index contributed by atoms with van der Waals surface area (Å²) < 4.78 is 48.9. The molecule has 1 fully saturated rings. The molecule has 2 aromatic carbocycles. The molecule has 4 rings (SSSR count). The number of benzene rings is 2. The SMILES string of the molecule is COc1ccc(-c2csc(NC(=O)COC(=O)c3cc(S(=O)(=O)N4CCCCCC4)ccc3OC)n2)cc1OC. The molecule has 0 spiro atoms. The lowest BCUT2D eigenvalue weighted by atomic mass is 10.1. The number of rotatable bonds is 10. The van der Waals surface area contributed by atoms with Gasteiger partial charge in [0, 0.05) is 24.0 Å². The molecule has 40 heavy (non-hydrogen) atoms. The standard InChI is InChI=1S/C27H31N3O8S2/c1-35-22-11-9-19(40(33,34)30-12-6-4-5-7-13-30)15-20(22)26(32)38-16-25(31)29-27-28-21(17-39-27)18-8-10-23(36-2)24(14-18)37-3/h8-11,14-15,17H,4-7,12-13,16H2,1-3H3,(H,28,29,31). The van der Waals surface area contributed by atoms with Crippen molar-refractivity contribution in [2.24, 2.45) is 0 Å². The van der Waals surface area contributed by atoms with Gasteiger partial charge in [0.25, 0.3) is 5.91 Å². The van der Waals surface area contributed by atoms with Crippen LogP contribution in [0.4, 0.5) is 5.13 Å². The summed E-state index contributed by atoms with van der Waals surface area (Å²) >= 11 is 1.21. The molecule has 1 N–H and O–H groups in total. The van der Waals surface area contributed by atoms with Gasteiger partial charge in [-0.3, -0.25) is 10.1 Å². The summed E-state index contributed by atoms with van der Waals surface area (Å²) in [5, 5.41) is 4.69. The Labute approximate surface area is 237 Å². The van der Waals surface area contributed by atoms with E-state index in [1.165, 1.54) is 48.1 Å². The fourth-order valence-electron chi connectivity index (χ4n) is 4.26. The lowest BCUT2D eigenvalue weighted by Crippen LogP contribution is -2.32. The number of aromatic nitrogens is 1. The van der Waals surface area contributed by atoms with E-state index in [1.807, 2.05) is 6.07 Å². The number of hydrogen-bond donors (Lipinski definition) is 1. The van der Waals surface area contributed by atoms with Crippen LogP contribution in [0.1, 0.15) is 36.0 Å². The van der Waals surface area contributed by atoms with Crippen molar-refractivity contribution < 1.29 is 37.0 Å². The highest BCUT2D eigenvalue weighted by atomic mass is 32.2. The third-order valence-corrected chi connectivity index (χ3v) is 9.01. The molecule has 1 aliphatic heterocycles. The molecule has 0 radical (unpaired) electrons. The minimum atomic E-state index is -3.80. The van der Waals surface area contributed by atoms with E-state index in [0.717, 1.165) is 31.2 Å². The van der Waals surface area contributed by atoms with Crippen LogP contribution >= 0.6 is 11.3 Å². The second kappa shape index (κ2) is 13.1. The molecule has 0 unspecified atom stereocenters. The van der Waals surface area contributed by atoms with E-state index in [-0.39, 0.29) is 16.2 Å². The fourth-order valence-corrected chi connectivity index (χ4v) is 6.54. The normalized spacial score (nSPS) is 14.2. The monoisotopic (exact) mass is 589 g/mol. The minimum absolute atomic E-state index is 0.0305. The van der Waals surface area contributed by atoms with Crippen LogP contribution in [0.2, 0.25) is 0 Å². The number of carbonyl (C=O) groups excluding carboxylic acids is 2. The number of thiazole rings is 1. The van der Waals surface area contributed by atoms with Gasteiger partial charge < -0.3 is 18.9 Å². The predicted octanol–water partition coefficient (Wildman–Crippen LogP) is 4.20. The topological polar surface area (TPSA) is 133 Å². The first-order chi connectivity index (χ1) is 19.3. The summed E-state index contributed by atoms with van der Waals surface area (Å²) in [5.41, 5.74) is 1.30.